The first-order valence-corrected chi connectivity index (χ1v) is 7.24. The third kappa shape index (κ3) is 6.63. The van der Waals surface area contributed by atoms with E-state index >= 15 is 0 Å². The summed E-state index contributed by atoms with van der Waals surface area (Å²) < 4.78 is 10.8. The molecule has 1 aromatic carbocycles. The first-order chi connectivity index (χ1) is 10.2. The molecule has 0 heterocycles. The van der Waals surface area contributed by atoms with Gasteiger partial charge in [-0.05, 0) is 32.2 Å². The van der Waals surface area contributed by atoms with E-state index in [1.165, 1.54) is 0 Å². The number of nitrogens with zero attached hydrogens (tertiary/aromatic N) is 1. The minimum atomic E-state index is 0.0934. The molecule has 116 valence electrons. The molecule has 0 saturated heterocycles. The molecule has 1 aromatic rings. The van der Waals surface area contributed by atoms with Crippen LogP contribution in [0.25, 0.3) is 0 Å². The third-order valence-corrected chi connectivity index (χ3v) is 3.01. The Bertz CT molecular complexity index is 477. The summed E-state index contributed by atoms with van der Waals surface area (Å²) in [5.41, 5.74) is 2.05. The lowest BCUT2D eigenvalue weighted by Crippen LogP contribution is -2.23. The van der Waals surface area contributed by atoms with Crippen LogP contribution in [0, 0.1) is 11.8 Å². The molecule has 0 bridgehead atoms. The van der Waals surface area contributed by atoms with Gasteiger partial charge in [-0.15, -0.1) is 0 Å². The maximum atomic E-state index is 8.76. The van der Waals surface area contributed by atoms with Gasteiger partial charge in [0.05, 0.1) is 20.3 Å². The lowest BCUT2D eigenvalue weighted by Gasteiger charge is -2.18. The SMILES string of the molecule is CCOCCN(C)Cc1cc(C#CCCO)ccc1OC. The van der Waals surface area contributed by atoms with E-state index in [0.29, 0.717) is 6.42 Å². The largest absolute Gasteiger partial charge is 0.496 e. The molecule has 0 radical (unpaired) electrons. The van der Waals surface area contributed by atoms with Crippen LogP contribution in [0.4, 0.5) is 0 Å². The van der Waals surface area contributed by atoms with Crippen molar-refractivity contribution in [3.63, 3.8) is 0 Å². The molecule has 0 aromatic heterocycles. The number of benzene rings is 1. The fourth-order valence-corrected chi connectivity index (χ4v) is 1.93. The number of hydrogen-bond donors (Lipinski definition) is 1. The minimum Gasteiger partial charge on any atom is -0.496 e. The van der Waals surface area contributed by atoms with Crippen molar-refractivity contribution < 1.29 is 14.6 Å². The number of rotatable bonds is 8. The Hall–Kier alpha value is -1.54. The maximum Gasteiger partial charge on any atom is 0.123 e. The zero-order valence-corrected chi connectivity index (χ0v) is 13.2. The molecule has 0 fully saturated rings. The summed E-state index contributed by atoms with van der Waals surface area (Å²) in [6.07, 6.45) is 0.496. The van der Waals surface area contributed by atoms with E-state index in [2.05, 4.69) is 23.8 Å². The molecule has 1 rings (SSSR count). The lowest BCUT2D eigenvalue weighted by molar-refractivity contribution is 0.120. The fraction of sp³-hybridized carbons (Fsp3) is 0.529. The van der Waals surface area contributed by atoms with E-state index in [0.717, 1.165) is 43.2 Å². The molecular weight excluding hydrogens is 266 g/mol. The first kappa shape index (κ1) is 17.5. The summed E-state index contributed by atoms with van der Waals surface area (Å²) in [4.78, 5) is 2.19. The molecule has 0 unspecified atom stereocenters. The number of aliphatic hydroxyl groups excluding tert-OH is 1. The summed E-state index contributed by atoms with van der Waals surface area (Å²) in [7, 11) is 3.73. The van der Waals surface area contributed by atoms with Gasteiger partial charge in [0.25, 0.3) is 0 Å². The van der Waals surface area contributed by atoms with Crippen molar-refractivity contribution in [3.05, 3.63) is 29.3 Å². The monoisotopic (exact) mass is 291 g/mol. The number of methoxy groups -OCH3 is 1. The van der Waals surface area contributed by atoms with Crippen LogP contribution in [-0.4, -0.2) is 50.5 Å². The van der Waals surface area contributed by atoms with Crippen molar-refractivity contribution in [1.82, 2.24) is 4.90 Å². The Labute approximate surface area is 127 Å². The number of aliphatic hydroxyl groups is 1. The summed E-state index contributed by atoms with van der Waals surface area (Å²) in [6, 6.07) is 5.92. The average Bonchev–Trinajstić information content (AvgIpc) is 2.48. The Morgan fingerprint density at radius 1 is 1.33 bits per heavy atom. The van der Waals surface area contributed by atoms with Gasteiger partial charge in [-0.2, -0.15) is 0 Å². The van der Waals surface area contributed by atoms with Gasteiger partial charge in [0.2, 0.25) is 0 Å². The van der Waals surface area contributed by atoms with Crippen molar-refractivity contribution in [2.24, 2.45) is 0 Å². The lowest BCUT2D eigenvalue weighted by atomic mass is 10.1. The Morgan fingerprint density at radius 2 is 2.14 bits per heavy atom. The zero-order chi connectivity index (χ0) is 15.5. The van der Waals surface area contributed by atoms with Crippen molar-refractivity contribution in [3.8, 4) is 17.6 Å². The van der Waals surface area contributed by atoms with Gasteiger partial charge in [-0.3, -0.25) is 4.90 Å². The second kappa shape index (κ2) is 10.2. The molecule has 4 nitrogen and oxygen atoms in total. The van der Waals surface area contributed by atoms with E-state index in [1.54, 1.807) is 7.11 Å². The van der Waals surface area contributed by atoms with Crippen molar-refractivity contribution in [1.29, 1.82) is 0 Å². The van der Waals surface area contributed by atoms with Crippen LogP contribution in [0.1, 0.15) is 24.5 Å². The standard InChI is InChI=1S/C17H25NO3/c1-4-21-12-10-18(2)14-16-13-15(7-5-6-11-19)8-9-17(16)20-3/h8-9,13,19H,4,6,10-12,14H2,1-3H3. The van der Waals surface area contributed by atoms with E-state index < -0.39 is 0 Å². The van der Waals surface area contributed by atoms with Crippen LogP contribution < -0.4 is 4.74 Å². The van der Waals surface area contributed by atoms with Crippen molar-refractivity contribution in [2.45, 2.75) is 19.9 Å². The first-order valence-electron chi connectivity index (χ1n) is 7.24. The van der Waals surface area contributed by atoms with Crippen LogP contribution in [-0.2, 0) is 11.3 Å². The van der Waals surface area contributed by atoms with Gasteiger partial charge in [-0.1, -0.05) is 11.8 Å². The van der Waals surface area contributed by atoms with Gasteiger partial charge in [0.1, 0.15) is 5.75 Å². The normalized spacial score (nSPS) is 10.3. The highest BCUT2D eigenvalue weighted by Crippen LogP contribution is 2.21. The summed E-state index contributed by atoms with van der Waals surface area (Å²) >= 11 is 0. The van der Waals surface area contributed by atoms with Crippen molar-refractivity contribution >= 4 is 0 Å². The molecule has 1 N–H and O–H groups in total. The second-order valence-corrected chi connectivity index (χ2v) is 4.74. The second-order valence-electron chi connectivity index (χ2n) is 4.74. The van der Waals surface area contributed by atoms with Gasteiger partial charge in [-0.25, -0.2) is 0 Å². The Balaban J connectivity index is 2.74. The van der Waals surface area contributed by atoms with Crippen LogP contribution >= 0.6 is 0 Å². The Morgan fingerprint density at radius 3 is 2.81 bits per heavy atom. The number of likely N-dealkylation sites (N-methyl/N-ethyl adjacent to an activating group) is 1. The zero-order valence-electron chi connectivity index (χ0n) is 13.2. The van der Waals surface area contributed by atoms with Crippen LogP contribution in [0.3, 0.4) is 0 Å². The molecular formula is C17H25NO3. The highest BCUT2D eigenvalue weighted by Gasteiger charge is 2.07. The molecule has 4 heteroatoms. The highest BCUT2D eigenvalue weighted by molar-refractivity contribution is 5.44. The molecule has 21 heavy (non-hydrogen) atoms. The molecule has 0 saturated carbocycles. The van der Waals surface area contributed by atoms with E-state index in [-0.39, 0.29) is 6.61 Å². The summed E-state index contributed by atoms with van der Waals surface area (Å²) in [6.45, 7) is 5.22. The van der Waals surface area contributed by atoms with Crippen molar-refractivity contribution in [2.75, 3.05) is 40.5 Å². The average molecular weight is 291 g/mol. The topological polar surface area (TPSA) is 41.9 Å². The predicted octanol–water partition coefficient (Wildman–Crippen LogP) is 1.90. The third-order valence-electron chi connectivity index (χ3n) is 3.01. The Kier molecular flexibility index (Phi) is 8.53. The molecule has 0 aliphatic heterocycles. The molecule has 0 amide bonds. The quantitative estimate of drug-likeness (QED) is 0.587. The van der Waals surface area contributed by atoms with Crippen LogP contribution in [0.5, 0.6) is 5.75 Å². The summed E-state index contributed by atoms with van der Waals surface area (Å²) in [5, 5.41) is 8.76. The molecule has 0 aliphatic rings. The maximum absolute atomic E-state index is 8.76. The highest BCUT2D eigenvalue weighted by atomic mass is 16.5. The molecule has 0 atom stereocenters. The van der Waals surface area contributed by atoms with Gasteiger partial charge < -0.3 is 14.6 Å². The van der Waals surface area contributed by atoms with E-state index in [4.69, 9.17) is 14.6 Å². The molecule has 0 spiro atoms. The number of hydrogen-bond acceptors (Lipinski definition) is 4. The molecule has 0 aliphatic carbocycles. The summed E-state index contributed by atoms with van der Waals surface area (Å²) in [5.74, 6) is 6.86. The van der Waals surface area contributed by atoms with Gasteiger partial charge >= 0.3 is 0 Å². The van der Waals surface area contributed by atoms with Crippen LogP contribution in [0.2, 0.25) is 0 Å². The van der Waals surface area contributed by atoms with Gasteiger partial charge in [0.15, 0.2) is 0 Å². The van der Waals surface area contributed by atoms with E-state index in [9.17, 15) is 0 Å². The smallest absolute Gasteiger partial charge is 0.123 e. The van der Waals surface area contributed by atoms with E-state index in [1.807, 2.05) is 25.1 Å². The predicted molar refractivity (Wildman–Crippen MR) is 84.4 cm³/mol. The number of ether oxygens (including phenoxy) is 2. The van der Waals surface area contributed by atoms with Crippen LogP contribution in [0.15, 0.2) is 18.2 Å². The fourth-order valence-electron chi connectivity index (χ4n) is 1.93. The van der Waals surface area contributed by atoms with Gasteiger partial charge in [0, 0.05) is 37.2 Å². The minimum absolute atomic E-state index is 0.0934.